The van der Waals surface area contributed by atoms with Gasteiger partial charge in [-0.1, -0.05) is 23.7 Å². The molecule has 0 spiro atoms. The zero-order valence-electron chi connectivity index (χ0n) is 14.7. The summed E-state index contributed by atoms with van der Waals surface area (Å²) in [5, 5.41) is 0.164. The first-order valence-corrected chi connectivity index (χ1v) is 10.5. The highest BCUT2D eigenvalue weighted by Crippen LogP contribution is 2.25. The molecule has 2 aliphatic heterocycles. The van der Waals surface area contributed by atoms with Gasteiger partial charge in [0.05, 0.1) is 5.02 Å². The molecular weight excluding hydrogens is 396 g/mol. The number of carbonyl (C=O) groups is 2. The van der Waals surface area contributed by atoms with Gasteiger partial charge in [0.25, 0.3) is 5.91 Å². The van der Waals surface area contributed by atoms with Crippen LogP contribution in [0.4, 0.5) is 0 Å². The van der Waals surface area contributed by atoms with Gasteiger partial charge < -0.3 is 14.4 Å². The van der Waals surface area contributed by atoms with Gasteiger partial charge >= 0.3 is 5.97 Å². The number of amides is 1. The fraction of sp³-hybridized carbons (Fsp3) is 0.529. The fourth-order valence-corrected chi connectivity index (χ4v) is 4.97. The Hall–Kier alpha value is -1.68. The van der Waals surface area contributed by atoms with Gasteiger partial charge in [-0.25, -0.2) is 13.2 Å². The Morgan fingerprint density at radius 2 is 1.89 bits per heavy atom. The minimum Gasteiger partial charge on any atom is -0.454 e. The van der Waals surface area contributed by atoms with Crippen LogP contribution in [0, 0.1) is 0 Å². The molecule has 8 nitrogen and oxygen atoms in total. The predicted molar refractivity (Wildman–Crippen MR) is 96.7 cm³/mol. The van der Waals surface area contributed by atoms with E-state index in [2.05, 4.69) is 0 Å². The zero-order valence-corrected chi connectivity index (χ0v) is 16.2. The third-order valence-corrected chi connectivity index (χ3v) is 6.97. The van der Waals surface area contributed by atoms with Crippen LogP contribution in [0.2, 0.25) is 5.02 Å². The first-order chi connectivity index (χ1) is 12.9. The maximum Gasteiger partial charge on any atom is 0.335 e. The molecule has 1 amide bonds. The molecule has 2 heterocycles. The minimum atomic E-state index is -3.72. The lowest BCUT2D eigenvalue weighted by molar-refractivity contribution is -0.160. The van der Waals surface area contributed by atoms with E-state index >= 15 is 0 Å². The minimum absolute atomic E-state index is 0.0527. The Morgan fingerprint density at radius 3 is 2.52 bits per heavy atom. The quantitative estimate of drug-likeness (QED) is 0.662. The second-order valence-electron chi connectivity index (χ2n) is 6.32. The Morgan fingerprint density at radius 1 is 1.19 bits per heavy atom. The summed E-state index contributed by atoms with van der Waals surface area (Å²) in [6.07, 6.45) is 0.816. The van der Waals surface area contributed by atoms with E-state index in [1.165, 1.54) is 21.3 Å². The molecule has 148 valence electrons. The van der Waals surface area contributed by atoms with Gasteiger partial charge in [0.2, 0.25) is 10.0 Å². The van der Waals surface area contributed by atoms with Gasteiger partial charge in [0, 0.05) is 32.8 Å². The first-order valence-electron chi connectivity index (χ1n) is 8.70. The van der Waals surface area contributed by atoms with Crippen LogP contribution in [0.15, 0.2) is 29.2 Å². The summed E-state index contributed by atoms with van der Waals surface area (Å²) in [6, 6.07) is 6.26. The molecule has 3 rings (SSSR count). The van der Waals surface area contributed by atoms with E-state index in [0.717, 1.165) is 6.42 Å². The molecule has 2 aliphatic rings. The number of rotatable bonds is 5. The summed E-state index contributed by atoms with van der Waals surface area (Å²) in [5.41, 5.74) is 0. The molecule has 2 saturated heterocycles. The molecule has 2 fully saturated rings. The van der Waals surface area contributed by atoms with Crippen molar-refractivity contribution in [2.24, 2.45) is 0 Å². The summed E-state index contributed by atoms with van der Waals surface area (Å²) in [7, 11) is -3.72. The van der Waals surface area contributed by atoms with Crippen LogP contribution in [0.3, 0.4) is 0 Å². The molecule has 0 radical (unpaired) electrons. The van der Waals surface area contributed by atoms with Gasteiger partial charge in [0.1, 0.15) is 4.90 Å². The van der Waals surface area contributed by atoms with Crippen molar-refractivity contribution < 1.29 is 27.5 Å². The van der Waals surface area contributed by atoms with Crippen molar-refractivity contribution in [2.75, 3.05) is 39.4 Å². The average Bonchev–Trinajstić information content (AvgIpc) is 3.21. The van der Waals surface area contributed by atoms with Crippen molar-refractivity contribution in [1.29, 1.82) is 0 Å². The normalized spacial score (nSPS) is 21.2. The highest BCUT2D eigenvalue weighted by molar-refractivity contribution is 7.89. The number of benzene rings is 1. The SMILES string of the molecule is O=C(OCC(=O)N1CCN(S(=O)(=O)c2ccccc2Cl)CC1)[C@@H]1CCCO1. The molecule has 0 aliphatic carbocycles. The van der Waals surface area contributed by atoms with Gasteiger partial charge in [-0.15, -0.1) is 0 Å². The molecule has 0 aromatic heterocycles. The number of hydrogen-bond donors (Lipinski definition) is 0. The van der Waals surface area contributed by atoms with Crippen molar-refractivity contribution in [3.05, 3.63) is 29.3 Å². The van der Waals surface area contributed by atoms with E-state index in [9.17, 15) is 18.0 Å². The Kier molecular flexibility index (Phi) is 6.36. The number of sulfonamides is 1. The van der Waals surface area contributed by atoms with Crippen LogP contribution in [0.1, 0.15) is 12.8 Å². The third kappa shape index (κ3) is 4.60. The van der Waals surface area contributed by atoms with Crippen LogP contribution in [0.25, 0.3) is 0 Å². The van der Waals surface area contributed by atoms with E-state index in [-0.39, 0.29) is 48.6 Å². The second-order valence-corrected chi connectivity index (χ2v) is 8.64. The van der Waals surface area contributed by atoms with Crippen molar-refractivity contribution in [2.45, 2.75) is 23.8 Å². The van der Waals surface area contributed by atoms with E-state index in [1.807, 2.05) is 0 Å². The van der Waals surface area contributed by atoms with Crippen LogP contribution in [0.5, 0.6) is 0 Å². The maximum absolute atomic E-state index is 12.7. The van der Waals surface area contributed by atoms with E-state index in [0.29, 0.717) is 13.0 Å². The van der Waals surface area contributed by atoms with Crippen molar-refractivity contribution >= 4 is 33.5 Å². The summed E-state index contributed by atoms with van der Waals surface area (Å²) in [5.74, 6) is -0.878. The lowest BCUT2D eigenvalue weighted by atomic mass is 10.2. The number of halogens is 1. The Balaban J connectivity index is 1.51. The largest absolute Gasteiger partial charge is 0.454 e. The standard InChI is InChI=1S/C17H21ClN2O6S/c18-13-4-1-2-6-15(13)27(23,24)20-9-7-19(8-10-20)16(21)12-26-17(22)14-5-3-11-25-14/h1-2,4,6,14H,3,5,7-12H2/t14-/m0/s1. The zero-order chi connectivity index (χ0) is 19.4. The lowest BCUT2D eigenvalue weighted by Gasteiger charge is -2.34. The molecule has 0 bridgehead atoms. The topological polar surface area (TPSA) is 93.2 Å². The number of esters is 1. The predicted octanol–water partition coefficient (Wildman–Crippen LogP) is 0.895. The van der Waals surface area contributed by atoms with Crippen LogP contribution in [-0.2, 0) is 29.1 Å². The van der Waals surface area contributed by atoms with Gasteiger partial charge in [-0.3, -0.25) is 4.79 Å². The molecule has 1 aromatic carbocycles. The number of ether oxygens (including phenoxy) is 2. The summed E-state index contributed by atoms with van der Waals surface area (Å²) < 4.78 is 36.9. The highest BCUT2D eigenvalue weighted by atomic mass is 35.5. The van der Waals surface area contributed by atoms with Crippen LogP contribution in [-0.4, -0.2) is 75.0 Å². The van der Waals surface area contributed by atoms with Crippen LogP contribution >= 0.6 is 11.6 Å². The third-order valence-electron chi connectivity index (χ3n) is 4.58. The van der Waals surface area contributed by atoms with Gasteiger partial charge in [-0.2, -0.15) is 4.31 Å². The average molecular weight is 417 g/mol. The van der Waals surface area contributed by atoms with E-state index in [1.54, 1.807) is 12.1 Å². The summed E-state index contributed by atoms with van der Waals surface area (Å²) >= 11 is 6.00. The van der Waals surface area contributed by atoms with Gasteiger partial charge in [-0.05, 0) is 25.0 Å². The number of hydrogen-bond acceptors (Lipinski definition) is 6. The molecule has 1 atom stereocenters. The lowest BCUT2D eigenvalue weighted by Crippen LogP contribution is -2.51. The number of nitrogens with zero attached hydrogens (tertiary/aromatic N) is 2. The molecule has 0 saturated carbocycles. The molecule has 10 heteroatoms. The maximum atomic E-state index is 12.7. The summed E-state index contributed by atoms with van der Waals surface area (Å²) in [4.78, 5) is 25.5. The first kappa shape index (κ1) is 20.1. The molecule has 0 unspecified atom stereocenters. The van der Waals surface area contributed by atoms with Gasteiger partial charge in [0.15, 0.2) is 12.7 Å². The molecule has 0 N–H and O–H groups in total. The smallest absolute Gasteiger partial charge is 0.335 e. The summed E-state index contributed by atoms with van der Waals surface area (Å²) in [6.45, 7) is 0.906. The molecule has 1 aromatic rings. The molecule has 27 heavy (non-hydrogen) atoms. The van der Waals surface area contributed by atoms with Crippen molar-refractivity contribution in [1.82, 2.24) is 9.21 Å². The van der Waals surface area contributed by atoms with Crippen LogP contribution < -0.4 is 0 Å². The second kappa shape index (κ2) is 8.55. The van der Waals surface area contributed by atoms with E-state index < -0.39 is 22.1 Å². The monoisotopic (exact) mass is 416 g/mol. The van der Waals surface area contributed by atoms with E-state index in [4.69, 9.17) is 21.1 Å². The highest BCUT2D eigenvalue weighted by Gasteiger charge is 2.32. The Bertz CT molecular complexity index is 801. The number of piperazine rings is 1. The fourth-order valence-electron chi connectivity index (χ4n) is 3.05. The molecular formula is C17H21ClN2O6S. The number of carbonyl (C=O) groups excluding carboxylic acids is 2. The Labute approximate surface area is 163 Å². The van der Waals surface area contributed by atoms with Crippen molar-refractivity contribution in [3.63, 3.8) is 0 Å². The van der Waals surface area contributed by atoms with Crippen molar-refractivity contribution in [3.8, 4) is 0 Å².